The molecule has 1 saturated heterocycles. The molecule has 0 spiro atoms. The van der Waals surface area contributed by atoms with Gasteiger partial charge in [0.05, 0.1) is 5.69 Å². The summed E-state index contributed by atoms with van der Waals surface area (Å²) in [5.74, 6) is 0. The van der Waals surface area contributed by atoms with Crippen LogP contribution in [0.4, 0.5) is 0 Å². The van der Waals surface area contributed by atoms with Gasteiger partial charge in [-0.25, -0.2) is 4.98 Å². The van der Waals surface area contributed by atoms with Gasteiger partial charge in [-0.2, -0.15) is 0 Å². The number of rotatable bonds is 2. The van der Waals surface area contributed by atoms with Crippen molar-refractivity contribution in [1.82, 2.24) is 15.2 Å². The van der Waals surface area contributed by atoms with E-state index in [1.807, 2.05) is 0 Å². The zero-order valence-electron chi connectivity index (χ0n) is 8.79. The Bertz CT molecular complexity index is 282. The summed E-state index contributed by atoms with van der Waals surface area (Å²) in [4.78, 5) is 6.58. The number of oxazole rings is 1. The first-order valence-corrected chi connectivity index (χ1v) is 5.01. The Morgan fingerprint density at radius 3 is 3.14 bits per heavy atom. The van der Waals surface area contributed by atoms with Crippen LogP contribution in [0.2, 0.25) is 0 Å². The van der Waals surface area contributed by atoms with Gasteiger partial charge in [0.2, 0.25) is 0 Å². The van der Waals surface area contributed by atoms with Crippen LogP contribution in [0.15, 0.2) is 17.1 Å². The van der Waals surface area contributed by atoms with Crippen molar-refractivity contribution < 1.29 is 4.42 Å². The molecule has 1 N–H and O–H groups in total. The molecule has 4 heteroatoms. The summed E-state index contributed by atoms with van der Waals surface area (Å²) in [7, 11) is 0. The molecule has 1 aromatic heterocycles. The average molecular weight is 195 g/mol. The molecule has 1 aliphatic rings. The molecule has 0 aromatic carbocycles. The van der Waals surface area contributed by atoms with E-state index in [2.05, 4.69) is 29.0 Å². The van der Waals surface area contributed by atoms with Crippen molar-refractivity contribution in [2.75, 3.05) is 19.6 Å². The number of hydrogen-bond donors (Lipinski definition) is 1. The molecule has 4 nitrogen and oxygen atoms in total. The van der Waals surface area contributed by atoms with Crippen LogP contribution in [0.5, 0.6) is 0 Å². The fraction of sp³-hybridized carbons (Fsp3) is 0.700. The molecule has 0 amide bonds. The third kappa shape index (κ3) is 1.96. The van der Waals surface area contributed by atoms with Crippen LogP contribution in [0.25, 0.3) is 0 Å². The lowest BCUT2D eigenvalue weighted by Crippen LogP contribution is -2.57. The van der Waals surface area contributed by atoms with Crippen molar-refractivity contribution in [3.05, 3.63) is 18.4 Å². The molecule has 0 aliphatic carbocycles. The largest absolute Gasteiger partial charge is 0.451 e. The van der Waals surface area contributed by atoms with Crippen LogP contribution in [0, 0.1) is 0 Å². The van der Waals surface area contributed by atoms with Crippen molar-refractivity contribution in [2.45, 2.75) is 25.9 Å². The van der Waals surface area contributed by atoms with Crippen molar-refractivity contribution >= 4 is 0 Å². The van der Waals surface area contributed by atoms with Crippen LogP contribution in [0.3, 0.4) is 0 Å². The minimum Gasteiger partial charge on any atom is -0.451 e. The molecular weight excluding hydrogens is 178 g/mol. The maximum atomic E-state index is 4.97. The van der Waals surface area contributed by atoms with Gasteiger partial charge in [-0.3, -0.25) is 4.90 Å². The minimum atomic E-state index is 0.206. The first kappa shape index (κ1) is 9.68. The number of nitrogens with one attached hydrogen (secondary N) is 1. The average Bonchev–Trinajstić information content (AvgIpc) is 2.61. The van der Waals surface area contributed by atoms with Crippen LogP contribution >= 0.6 is 0 Å². The predicted octanol–water partition coefficient (Wildman–Crippen LogP) is 0.858. The van der Waals surface area contributed by atoms with E-state index < -0.39 is 0 Å². The number of hydrogen-bond acceptors (Lipinski definition) is 4. The molecule has 78 valence electrons. The van der Waals surface area contributed by atoms with Gasteiger partial charge in [-0.05, 0) is 13.8 Å². The lowest BCUT2D eigenvalue weighted by Gasteiger charge is -2.42. The van der Waals surface area contributed by atoms with Gasteiger partial charge in [0.25, 0.3) is 0 Å². The first-order valence-electron chi connectivity index (χ1n) is 5.01. The van der Waals surface area contributed by atoms with Gasteiger partial charge in [0, 0.05) is 31.7 Å². The summed E-state index contributed by atoms with van der Waals surface area (Å²) < 4.78 is 4.97. The molecule has 1 aliphatic heterocycles. The molecule has 0 atom stereocenters. The number of aromatic nitrogens is 1. The van der Waals surface area contributed by atoms with E-state index in [1.54, 1.807) is 6.26 Å². The van der Waals surface area contributed by atoms with E-state index in [9.17, 15) is 0 Å². The Morgan fingerprint density at radius 2 is 2.50 bits per heavy atom. The van der Waals surface area contributed by atoms with Crippen molar-refractivity contribution in [2.24, 2.45) is 0 Å². The second kappa shape index (κ2) is 3.71. The topological polar surface area (TPSA) is 41.3 Å². The molecule has 0 unspecified atom stereocenters. The van der Waals surface area contributed by atoms with Crippen LogP contribution < -0.4 is 5.32 Å². The standard InChI is InChI=1S/C10H17N3O/c1-10(2)7-11-3-4-13(10)5-9-6-14-8-12-9/h6,8,11H,3-5,7H2,1-2H3. The summed E-state index contributed by atoms with van der Waals surface area (Å²) in [6, 6.07) is 0. The normalized spacial score (nSPS) is 22.4. The quantitative estimate of drug-likeness (QED) is 0.760. The Labute approximate surface area is 84.3 Å². The summed E-state index contributed by atoms with van der Waals surface area (Å²) in [5.41, 5.74) is 1.22. The number of piperazine rings is 1. The van der Waals surface area contributed by atoms with Gasteiger partial charge >= 0.3 is 0 Å². The van der Waals surface area contributed by atoms with Gasteiger partial charge in [-0.1, -0.05) is 0 Å². The molecule has 14 heavy (non-hydrogen) atoms. The van der Waals surface area contributed by atoms with E-state index in [1.165, 1.54) is 6.39 Å². The lowest BCUT2D eigenvalue weighted by atomic mass is 10.00. The summed E-state index contributed by atoms with van der Waals surface area (Å²) in [6.07, 6.45) is 3.21. The Balaban J connectivity index is 2.02. The molecule has 1 fully saturated rings. The second-order valence-corrected chi connectivity index (χ2v) is 4.39. The van der Waals surface area contributed by atoms with Crippen LogP contribution in [-0.2, 0) is 6.54 Å². The monoisotopic (exact) mass is 195 g/mol. The lowest BCUT2D eigenvalue weighted by molar-refractivity contribution is 0.0814. The Hall–Kier alpha value is -0.870. The van der Waals surface area contributed by atoms with E-state index >= 15 is 0 Å². The highest BCUT2D eigenvalue weighted by molar-refractivity contribution is 4.96. The van der Waals surface area contributed by atoms with E-state index in [4.69, 9.17) is 4.42 Å². The van der Waals surface area contributed by atoms with E-state index in [-0.39, 0.29) is 5.54 Å². The van der Waals surface area contributed by atoms with Crippen molar-refractivity contribution in [3.8, 4) is 0 Å². The smallest absolute Gasteiger partial charge is 0.180 e. The van der Waals surface area contributed by atoms with E-state index in [0.717, 1.165) is 31.9 Å². The van der Waals surface area contributed by atoms with Gasteiger partial charge in [-0.15, -0.1) is 0 Å². The third-order valence-corrected chi connectivity index (χ3v) is 2.81. The van der Waals surface area contributed by atoms with Gasteiger partial charge < -0.3 is 9.73 Å². The highest BCUT2D eigenvalue weighted by atomic mass is 16.3. The van der Waals surface area contributed by atoms with E-state index in [0.29, 0.717) is 0 Å². The maximum absolute atomic E-state index is 4.97. The maximum Gasteiger partial charge on any atom is 0.180 e. The van der Waals surface area contributed by atoms with Gasteiger partial charge in [0.15, 0.2) is 6.39 Å². The van der Waals surface area contributed by atoms with Crippen LogP contribution in [-0.4, -0.2) is 35.1 Å². The number of nitrogens with zero attached hydrogens (tertiary/aromatic N) is 2. The highest BCUT2D eigenvalue weighted by Crippen LogP contribution is 2.18. The summed E-state index contributed by atoms with van der Waals surface area (Å²) in [6.45, 7) is 8.54. The molecule has 0 radical (unpaired) electrons. The summed E-state index contributed by atoms with van der Waals surface area (Å²) >= 11 is 0. The SMILES string of the molecule is CC1(C)CNCCN1Cc1cocn1. The Morgan fingerprint density at radius 1 is 1.64 bits per heavy atom. The summed E-state index contributed by atoms with van der Waals surface area (Å²) in [5, 5.41) is 3.40. The molecule has 2 rings (SSSR count). The van der Waals surface area contributed by atoms with Gasteiger partial charge in [0.1, 0.15) is 6.26 Å². The zero-order valence-corrected chi connectivity index (χ0v) is 8.79. The predicted molar refractivity (Wildman–Crippen MR) is 53.9 cm³/mol. The first-order chi connectivity index (χ1) is 6.68. The second-order valence-electron chi connectivity index (χ2n) is 4.39. The molecule has 0 bridgehead atoms. The molecular formula is C10H17N3O. The van der Waals surface area contributed by atoms with Crippen molar-refractivity contribution in [1.29, 1.82) is 0 Å². The molecule has 0 saturated carbocycles. The molecule has 1 aromatic rings. The fourth-order valence-electron chi connectivity index (χ4n) is 1.83. The van der Waals surface area contributed by atoms with Crippen molar-refractivity contribution in [3.63, 3.8) is 0 Å². The van der Waals surface area contributed by atoms with Crippen LogP contribution in [0.1, 0.15) is 19.5 Å². The Kier molecular flexibility index (Phi) is 2.56. The third-order valence-electron chi connectivity index (χ3n) is 2.81. The minimum absolute atomic E-state index is 0.206. The zero-order chi connectivity index (χ0) is 10.0. The fourth-order valence-corrected chi connectivity index (χ4v) is 1.83. The molecule has 2 heterocycles. The highest BCUT2D eigenvalue weighted by Gasteiger charge is 2.29.